The first-order chi connectivity index (χ1) is 10.3. The fourth-order valence-corrected chi connectivity index (χ4v) is 2.55. The molecule has 4 nitrogen and oxygen atoms in total. The lowest BCUT2D eigenvalue weighted by atomic mass is 10.3. The number of hydrogen-bond donors (Lipinski definition) is 0. The molecule has 0 aliphatic carbocycles. The number of benzene rings is 1. The summed E-state index contributed by atoms with van der Waals surface area (Å²) >= 11 is 7.61. The number of pyridine rings is 1. The van der Waals surface area contributed by atoms with Crippen molar-refractivity contribution in [2.24, 2.45) is 0 Å². The zero-order valence-corrected chi connectivity index (χ0v) is 12.4. The first-order valence-electron chi connectivity index (χ1n) is 6.12. The van der Waals surface area contributed by atoms with Gasteiger partial charge in [0, 0.05) is 22.2 Å². The van der Waals surface area contributed by atoms with Gasteiger partial charge in [0.1, 0.15) is 17.1 Å². The zero-order chi connectivity index (χ0) is 14.5. The summed E-state index contributed by atoms with van der Waals surface area (Å²) in [7, 11) is 0. The molecule has 0 radical (unpaired) electrons. The predicted molar refractivity (Wildman–Crippen MR) is 81.9 cm³/mol. The fraction of sp³-hybridized carbons (Fsp3) is 0. The van der Waals surface area contributed by atoms with Gasteiger partial charge in [-0.3, -0.25) is 4.98 Å². The Kier molecular flexibility index (Phi) is 4.33. The largest absolute Gasteiger partial charge is 0.437 e. The number of nitrogens with zero attached hydrogens (tertiary/aromatic N) is 3. The van der Waals surface area contributed by atoms with Crippen LogP contribution in [0, 0.1) is 0 Å². The van der Waals surface area contributed by atoms with Gasteiger partial charge in [0.25, 0.3) is 0 Å². The molecule has 0 unspecified atom stereocenters. The van der Waals surface area contributed by atoms with Crippen LogP contribution in [0.5, 0.6) is 11.6 Å². The van der Waals surface area contributed by atoms with Crippen molar-refractivity contribution in [3.05, 3.63) is 66.3 Å². The van der Waals surface area contributed by atoms with E-state index in [0.717, 1.165) is 9.79 Å². The van der Waals surface area contributed by atoms with Crippen molar-refractivity contribution in [3.63, 3.8) is 0 Å². The molecule has 0 amide bonds. The number of hydrogen-bond acceptors (Lipinski definition) is 5. The van der Waals surface area contributed by atoms with Crippen molar-refractivity contribution in [2.75, 3.05) is 0 Å². The molecule has 2 heterocycles. The molecule has 0 atom stereocenters. The van der Waals surface area contributed by atoms with Gasteiger partial charge in [-0.05, 0) is 36.4 Å². The summed E-state index contributed by atoms with van der Waals surface area (Å²) in [6.07, 6.45) is 6.44. The minimum absolute atomic E-state index is 0.348. The van der Waals surface area contributed by atoms with Crippen LogP contribution in [0.3, 0.4) is 0 Å². The van der Waals surface area contributed by atoms with Crippen LogP contribution in [-0.2, 0) is 0 Å². The van der Waals surface area contributed by atoms with Crippen LogP contribution in [0.15, 0.2) is 71.1 Å². The van der Waals surface area contributed by atoms with E-state index in [1.165, 1.54) is 12.5 Å². The number of halogens is 1. The molecule has 0 fully saturated rings. The zero-order valence-electron chi connectivity index (χ0n) is 10.8. The molecular weight excluding hydrogens is 306 g/mol. The molecule has 0 saturated heterocycles. The maximum atomic E-state index is 5.95. The van der Waals surface area contributed by atoms with E-state index >= 15 is 0 Å². The van der Waals surface area contributed by atoms with Crippen LogP contribution in [0.4, 0.5) is 0 Å². The van der Waals surface area contributed by atoms with Crippen LogP contribution in [0.2, 0.25) is 5.02 Å². The SMILES string of the molecule is Clc1cncnc1Oc1ccc(Sc2ccncc2)cc1. The summed E-state index contributed by atoms with van der Waals surface area (Å²) in [6.45, 7) is 0. The molecule has 104 valence electrons. The Hall–Kier alpha value is -2.11. The minimum Gasteiger partial charge on any atom is -0.437 e. The molecule has 0 spiro atoms. The van der Waals surface area contributed by atoms with E-state index < -0.39 is 0 Å². The van der Waals surface area contributed by atoms with E-state index in [-0.39, 0.29) is 0 Å². The van der Waals surface area contributed by atoms with Gasteiger partial charge in [-0.25, -0.2) is 9.97 Å². The van der Waals surface area contributed by atoms with Gasteiger partial charge in [0.15, 0.2) is 0 Å². The van der Waals surface area contributed by atoms with E-state index in [4.69, 9.17) is 16.3 Å². The highest BCUT2D eigenvalue weighted by atomic mass is 35.5. The third-order valence-corrected chi connectivity index (χ3v) is 3.83. The highest BCUT2D eigenvalue weighted by Gasteiger charge is 2.04. The van der Waals surface area contributed by atoms with Crippen LogP contribution >= 0.6 is 23.4 Å². The molecule has 0 N–H and O–H groups in total. The van der Waals surface area contributed by atoms with Gasteiger partial charge in [0.2, 0.25) is 5.88 Å². The summed E-state index contributed by atoms with van der Waals surface area (Å²) in [5.41, 5.74) is 0. The van der Waals surface area contributed by atoms with Gasteiger partial charge >= 0.3 is 0 Å². The quantitative estimate of drug-likeness (QED) is 0.711. The predicted octanol–water partition coefficient (Wildman–Crippen LogP) is 4.47. The van der Waals surface area contributed by atoms with Gasteiger partial charge in [-0.2, -0.15) is 0 Å². The third kappa shape index (κ3) is 3.71. The van der Waals surface area contributed by atoms with Crippen molar-refractivity contribution in [3.8, 4) is 11.6 Å². The molecule has 6 heteroatoms. The Morgan fingerprint density at radius 1 is 0.905 bits per heavy atom. The first kappa shape index (κ1) is 13.9. The standard InChI is InChI=1S/C15H10ClN3OS/c16-14-9-18-10-19-15(14)20-11-1-3-12(4-2-11)21-13-5-7-17-8-6-13/h1-10H. The van der Waals surface area contributed by atoms with Crippen LogP contribution in [-0.4, -0.2) is 15.0 Å². The smallest absolute Gasteiger partial charge is 0.241 e. The van der Waals surface area contributed by atoms with Gasteiger partial charge in [0.05, 0.1) is 6.20 Å². The van der Waals surface area contributed by atoms with Crippen LogP contribution in [0.1, 0.15) is 0 Å². The lowest BCUT2D eigenvalue weighted by molar-refractivity contribution is 0.461. The minimum atomic E-state index is 0.348. The van der Waals surface area contributed by atoms with Crippen molar-refractivity contribution in [1.82, 2.24) is 15.0 Å². The third-order valence-electron chi connectivity index (χ3n) is 2.56. The van der Waals surface area contributed by atoms with E-state index in [9.17, 15) is 0 Å². The van der Waals surface area contributed by atoms with Crippen molar-refractivity contribution >= 4 is 23.4 Å². The Morgan fingerprint density at radius 3 is 2.33 bits per heavy atom. The molecule has 0 bridgehead atoms. The molecule has 1 aromatic carbocycles. The lowest BCUT2D eigenvalue weighted by Crippen LogP contribution is -1.89. The molecule has 2 aromatic heterocycles. The summed E-state index contributed by atoms with van der Waals surface area (Å²) in [5.74, 6) is 1.02. The molecule has 0 aliphatic rings. The van der Waals surface area contributed by atoms with Crippen LogP contribution in [0.25, 0.3) is 0 Å². The fourth-order valence-electron chi connectivity index (χ4n) is 1.61. The molecule has 3 aromatic rings. The van der Waals surface area contributed by atoms with E-state index in [1.54, 1.807) is 24.2 Å². The second-order valence-electron chi connectivity index (χ2n) is 4.03. The van der Waals surface area contributed by atoms with E-state index in [2.05, 4.69) is 15.0 Å². The number of ether oxygens (including phenoxy) is 1. The van der Waals surface area contributed by atoms with Crippen molar-refractivity contribution in [1.29, 1.82) is 0 Å². The van der Waals surface area contributed by atoms with Crippen molar-refractivity contribution < 1.29 is 4.74 Å². The molecule has 3 rings (SSSR count). The Labute approximate surface area is 131 Å². The summed E-state index contributed by atoms with van der Waals surface area (Å²) in [6, 6.07) is 11.7. The Balaban J connectivity index is 1.71. The highest BCUT2D eigenvalue weighted by Crippen LogP contribution is 2.30. The average Bonchev–Trinajstić information content (AvgIpc) is 2.52. The van der Waals surface area contributed by atoms with Crippen molar-refractivity contribution in [2.45, 2.75) is 9.79 Å². The monoisotopic (exact) mass is 315 g/mol. The highest BCUT2D eigenvalue weighted by molar-refractivity contribution is 7.99. The number of rotatable bonds is 4. The van der Waals surface area contributed by atoms with Crippen LogP contribution < -0.4 is 4.74 Å². The molecule has 0 saturated carbocycles. The number of aromatic nitrogens is 3. The second-order valence-corrected chi connectivity index (χ2v) is 5.59. The normalized spacial score (nSPS) is 10.3. The molecule has 21 heavy (non-hydrogen) atoms. The lowest BCUT2D eigenvalue weighted by Gasteiger charge is -2.06. The topological polar surface area (TPSA) is 47.9 Å². The van der Waals surface area contributed by atoms with E-state index in [0.29, 0.717) is 16.7 Å². The van der Waals surface area contributed by atoms with Gasteiger partial charge in [-0.15, -0.1) is 0 Å². The average molecular weight is 316 g/mol. The summed E-state index contributed by atoms with van der Waals surface area (Å²) in [4.78, 5) is 14.1. The maximum Gasteiger partial charge on any atom is 0.241 e. The van der Waals surface area contributed by atoms with Gasteiger partial charge < -0.3 is 4.74 Å². The summed E-state index contributed by atoms with van der Waals surface area (Å²) < 4.78 is 5.61. The summed E-state index contributed by atoms with van der Waals surface area (Å²) in [5, 5.41) is 0.382. The maximum absolute atomic E-state index is 5.95. The Morgan fingerprint density at radius 2 is 1.62 bits per heavy atom. The van der Waals surface area contributed by atoms with Gasteiger partial charge in [-0.1, -0.05) is 23.4 Å². The first-order valence-corrected chi connectivity index (χ1v) is 7.32. The molecule has 0 aliphatic heterocycles. The second kappa shape index (κ2) is 6.56. The molecular formula is C15H10ClN3OS. The Bertz CT molecular complexity index is 722. The van der Waals surface area contributed by atoms with E-state index in [1.807, 2.05) is 36.4 Å².